The molecule has 5 heteroatoms. The minimum absolute atomic E-state index is 0.358. The molecule has 0 amide bonds. The van der Waals surface area contributed by atoms with Crippen LogP contribution in [0.4, 0.5) is 5.13 Å². The molecule has 18 heavy (non-hydrogen) atoms. The van der Waals surface area contributed by atoms with Crippen LogP contribution in [0.5, 0.6) is 0 Å². The van der Waals surface area contributed by atoms with Crippen LogP contribution >= 0.6 is 11.3 Å². The minimum Gasteiger partial charge on any atom is -0.464 e. The number of anilines is 1. The van der Waals surface area contributed by atoms with Gasteiger partial charge in [-0.15, -0.1) is 11.3 Å². The molecule has 0 N–H and O–H groups in total. The number of rotatable bonds is 2. The van der Waals surface area contributed by atoms with Crippen molar-refractivity contribution in [3.63, 3.8) is 0 Å². The molecule has 1 fully saturated rings. The van der Waals surface area contributed by atoms with E-state index in [9.17, 15) is 4.79 Å². The summed E-state index contributed by atoms with van der Waals surface area (Å²) >= 11 is 1.52. The summed E-state index contributed by atoms with van der Waals surface area (Å²) < 4.78 is 4.69. The Kier molecular flexibility index (Phi) is 3.90. The maximum atomic E-state index is 11.4. The van der Waals surface area contributed by atoms with Crippen LogP contribution in [0.15, 0.2) is 5.38 Å². The molecule has 0 spiro atoms. The van der Waals surface area contributed by atoms with E-state index < -0.39 is 0 Å². The highest BCUT2D eigenvalue weighted by molar-refractivity contribution is 7.13. The van der Waals surface area contributed by atoms with E-state index in [1.807, 2.05) is 0 Å². The molecular formula is C13H20N2O2S. The monoisotopic (exact) mass is 268 g/mol. The van der Waals surface area contributed by atoms with Gasteiger partial charge in [0.2, 0.25) is 0 Å². The van der Waals surface area contributed by atoms with Gasteiger partial charge in [0.1, 0.15) is 0 Å². The Hall–Kier alpha value is -1.10. The lowest BCUT2D eigenvalue weighted by Crippen LogP contribution is -2.45. The molecular weight excluding hydrogens is 248 g/mol. The lowest BCUT2D eigenvalue weighted by molar-refractivity contribution is 0.0595. The second-order valence-corrected chi connectivity index (χ2v) is 6.05. The predicted octanol–water partition coefficient (Wildman–Crippen LogP) is 2.80. The molecule has 2 heterocycles. The summed E-state index contributed by atoms with van der Waals surface area (Å²) in [6.07, 6.45) is 1.26. The third-order valence-corrected chi connectivity index (χ3v) is 4.61. The molecule has 100 valence electrons. The molecule has 1 saturated heterocycles. The Labute approximate surface area is 112 Å². The molecule has 1 aliphatic rings. The summed E-state index contributed by atoms with van der Waals surface area (Å²) in [4.78, 5) is 18.1. The first-order valence-corrected chi connectivity index (χ1v) is 7.21. The molecule has 0 bridgehead atoms. The van der Waals surface area contributed by atoms with Crippen molar-refractivity contribution in [1.82, 2.24) is 4.98 Å². The van der Waals surface area contributed by atoms with Crippen LogP contribution in [0.2, 0.25) is 0 Å². The zero-order valence-corrected chi connectivity index (χ0v) is 12.2. The first-order chi connectivity index (χ1) is 8.52. The van der Waals surface area contributed by atoms with Crippen LogP contribution in [0, 0.1) is 11.8 Å². The highest BCUT2D eigenvalue weighted by Gasteiger charge is 2.30. The minimum atomic E-state index is -0.358. The van der Waals surface area contributed by atoms with E-state index in [0.717, 1.165) is 11.7 Å². The number of ether oxygens (including phenoxy) is 1. The average molecular weight is 268 g/mol. The van der Waals surface area contributed by atoms with Crippen LogP contribution in [0.1, 0.15) is 37.7 Å². The third-order valence-electron chi connectivity index (χ3n) is 3.73. The predicted molar refractivity (Wildman–Crippen MR) is 73.2 cm³/mol. The van der Waals surface area contributed by atoms with E-state index in [0.29, 0.717) is 23.6 Å². The Morgan fingerprint density at radius 1 is 1.50 bits per heavy atom. The lowest BCUT2D eigenvalue weighted by atomic mass is 9.86. The maximum absolute atomic E-state index is 11.4. The fourth-order valence-electron chi connectivity index (χ4n) is 2.56. The van der Waals surface area contributed by atoms with Gasteiger partial charge in [-0.1, -0.05) is 13.8 Å². The van der Waals surface area contributed by atoms with Gasteiger partial charge in [-0.2, -0.15) is 0 Å². The molecule has 1 aromatic rings. The maximum Gasteiger partial charge on any atom is 0.357 e. The van der Waals surface area contributed by atoms with Gasteiger partial charge in [-0.3, -0.25) is 0 Å². The Morgan fingerprint density at radius 3 is 2.89 bits per heavy atom. The van der Waals surface area contributed by atoms with Gasteiger partial charge < -0.3 is 9.64 Å². The largest absolute Gasteiger partial charge is 0.464 e. The van der Waals surface area contributed by atoms with Crippen LogP contribution in [-0.2, 0) is 4.74 Å². The third kappa shape index (κ3) is 2.51. The van der Waals surface area contributed by atoms with Gasteiger partial charge in [-0.25, -0.2) is 9.78 Å². The van der Waals surface area contributed by atoms with E-state index in [1.54, 1.807) is 5.38 Å². The molecule has 4 nitrogen and oxygen atoms in total. The van der Waals surface area contributed by atoms with Crippen molar-refractivity contribution in [1.29, 1.82) is 0 Å². The van der Waals surface area contributed by atoms with E-state index in [2.05, 4.69) is 30.7 Å². The number of aromatic nitrogens is 1. The number of nitrogens with zero attached hydrogens (tertiary/aromatic N) is 2. The SMILES string of the molecule is COC(=O)c1csc(N2CC(C)CC(C)C2C)n1. The molecule has 1 aromatic heterocycles. The molecule has 0 aromatic carbocycles. The van der Waals surface area contributed by atoms with Gasteiger partial charge >= 0.3 is 5.97 Å². The second kappa shape index (κ2) is 5.26. The number of piperidine rings is 1. The van der Waals surface area contributed by atoms with Crippen LogP contribution in [-0.4, -0.2) is 30.6 Å². The Morgan fingerprint density at radius 2 is 2.22 bits per heavy atom. The van der Waals surface area contributed by atoms with Crippen molar-refractivity contribution < 1.29 is 9.53 Å². The van der Waals surface area contributed by atoms with Crippen LogP contribution < -0.4 is 4.90 Å². The van der Waals surface area contributed by atoms with Crippen molar-refractivity contribution in [2.75, 3.05) is 18.6 Å². The molecule has 0 radical (unpaired) electrons. The topological polar surface area (TPSA) is 42.4 Å². The van der Waals surface area contributed by atoms with Crippen molar-refractivity contribution in [2.45, 2.75) is 33.2 Å². The Bertz CT molecular complexity index is 432. The number of carbonyl (C=O) groups is 1. The second-order valence-electron chi connectivity index (χ2n) is 5.22. The smallest absolute Gasteiger partial charge is 0.357 e. The van der Waals surface area contributed by atoms with Gasteiger partial charge in [0.15, 0.2) is 10.8 Å². The number of hydrogen-bond acceptors (Lipinski definition) is 5. The summed E-state index contributed by atoms with van der Waals surface area (Å²) in [7, 11) is 1.38. The fourth-order valence-corrected chi connectivity index (χ4v) is 3.46. The summed E-state index contributed by atoms with van der Waals surface area (Å²) in [6.45, 7) is 7.79. The standard InChI is InChI=1S/C13H20N2O2S/c1-8-5-9(2)10(3)15(6-8)13-14-11(7-18-13)12(16)17-4/h7-10H,5-6H2,1-4H3. The van der Waals surface area contributed by atoms with Crippen molar-refractivity contribution >= 4 is 22.4 Å². The van der Waals surface area contributed by atoms with Gasteiger partial charge in [0, 0.05) is 18.0 Å². The summed E-state index contributed by atoms with van der Waals surface area (Å²) in [5, 5.41) is 2.71. The van der Waals surface area contributed by atoms with Gasteiger partial charge in [-0.05, 0) is 25.2 Å². The van der Waals surface area contributed by atoms with Crippen LogP contribution in [0.3, 0.4) is 0 Å². The summed E-state index contributed by atoms with van der Waals surface area (Å²) in [6, 6.07) is 0.470. The number of methoxy groups -OCH3 is 1. The van der Waals surface area contributed by atoms with Crippen LogP contribution in [0.25, 0.3) is 0 Å². The van der Waals surface area contributed by atoms with Gasteiger partial charge in [0.05, 0.1) is 7.11 Å². The molecule has 0 aliphatic carbocycles. The molecule has 2 rings (SSSR count). The molecule has 1 aliphatic heterocycles. The number of hydrogen-bond donors (Lipinski definition) is 0. The van der Waals surface area contributed by atoms with E-state index >= 15 is 0 Å². The number of carbonyl (C=O) groups excluding carboxylic acids is 1. The van der Waals surface area contributed by atoms with E-state index in [4.69, 9.17) is 4.74 Å². The van der Waals surface area contributed by atoms with Crippen molar-refractivity contribution in [2.24, 2.45) is 11.8 Å². The quantitative estimate of drug-likeness (QED) is 0.774. The zero-order valence-electron chi connectivity index (χ0n) is 11.3. The summed E-state index contributed by atoms with van der Waals surface area (Å²) in [5.74, 6) is 0.962. The normalized spacial score (nSPS) is 28.2. The highest BCUT2D eigenvalue weighted by atomic mass is 32.1. The van der Waals surface area contributed by atoms with E-state index in [1.165, 1.54) is 24.9 Å². The Balaban J connectivity index is 2.19. The molecule has 0 saturated carbocycles. The first-order valence-electron chi connectivity index (χ1n) is 6.33. The first kappa shape index (κ1) is 13.3. The summed E-state index contributed by atoms with van der Waals surface area (Å²) in [5.41, 5.74) is 0.413. The van der Waals surface area contributed by atoms with E-state index in [-0.39, 0.29) is 5.97 Å². The van der Waals surface area contributed by atoms with Crippen molar-refractivity contribution in [3.8, 4) is 0 Å². The average Bonchev–Trinajstić information content (AvgIpc) is 2.82. The number of thiazole rings is 1. The van der Waals surface area contributed by atoms with Gasteiger partial charge in [0.25, 0.3) is 0 Å². The molecule has 3 unspecified atom stereocenters. The number of esters is 1. The lowest BCUT2D eigenvalue weighted by Gasteiger charge is -2.41. The zero-order chi connectivity index (χ0) is 13.3. The molecule has 3 atom stereocenters. The fraction of sp³-hybridized carbons (Fsp3) is 0.692. The highest BCUT2D eigenvalue weighted by Crippen LogP contribution is 2.33. The van der Waals surface area contributed by atoms with Crippen molar-refractivity contribution in [3.05, 3.63) is 11.1 Å².